The van der Waals surface area contributed by atoms with Gasteiger partial charge < -0.3 is 34.7 Å². The summed E-state index contributed by atoms with van der Waals surface area (Å²) >= 11 is 0. The van der Waals surface area contributed by atoms with E-state index in [9.17, 15) is 24.8 Å². The van der Waals surface area contributed by atoms with E-state index in [0.717, 1.165) is 0 Å². The summed E-state index contributed by atoms with van der Waals surface area (Å²) in [5, 5.41) is 27.9. The first-order chi connectivity index (χ1) is 19.2. The number of para-hydroxylation sites is 1. The van der Waals surface area contributed by atoms with Crippen LogP contribution in [0.25, 0.3) is 0 Å². The van der Waals surface area contributed by atoms with Crippen molar-refractivity contribution in [2.24, 2.45) is 0 Å². The van der Waals surface area contributed by atoms with Crippen LogP contribution in [0.2, 0.25) is 0 Å². The zero-order valence-electron chi connectivity index (χ0n) is 22.8. The number of non-ortho nitro benzene ring substituents is 1. The molecule has 1 atom stereocenters. The molecule has 0 aliphatic carbocycles. The Balaban J connectivity index is 1.80. The molecule has 0 amide bonds. The number of allylic oxidation sites excluding steroid dienone is 2. The molecule has 0 spiro atoms. The van der Waals surface area contributed by atoms with Crippen molar-refractivity contribution in [3.8, 4) is 11.5 Å². The number of hydrogen-bond donors (Lipinski definition) is 3. The Hall–Kier alpha value is -4.42. The summed E-state index contributed by atoms with van der Waals surface area (Å²) in [6, 6.07) is 13.1. The fourth-order valence-corrected chi connectivity index (χ4v) is 4.34. The van der Waals surface area contributed by atoms with Crippen molar-refractivity contribution >= 4 is 17.6 Å². The van der Waals surface area contributed by atoms with Crippen LogP contribution in [0.4, 0.5) is 5.69 Å². The van der Waals surface area contributed by atoms with Crippen LogP contribution in [0.5, 0.6) is 11.5 Å². The summed E-state index contributed by atoms with van der Waals surface area (Å²) in [5.41, 5.74) is 1.02. The molecular weight excluding hydrogens is 522 g/mol. The van der Waals surface area contributed by atoms with E-state index in [0.29, 0.717) is 23.7 Å². The van der Waals surface area contributed by atoms with Crippen molar-refractivity contribution < 1.29 is 38.6 Å². The number of nitro benzene ring substituents is 1. The number of nitro groups is 1. The minimum absolute atomic E-state index is 0.0958. The normalized spacial score (nSPS) is 14.3. The van der Waals surface area contributed by atoms with E-state index in [4.69, 9.17) is 18.9 Å². The van der Waals surface area contributed by atoms with Crippen molar-refractivity contribution in [2.45, 2.75) is 25.9 Å². The molecule has 0 radical (unpaired) electrons. The predicted octanol–water partition coefficient (Wildman–Crippen LogP) is 2.58. The van der Waals surface area contributed by atoms with Crippen LogP contribution in [-0.4, -0.2) is 68.6 Å². The summed E-state index contributed by atoms with van der Waals surface area (Å²) < 4.78 is 21.5. The number of aliphatic hydroxyl groups excluding tert-OH is 1. The van der Waals surface area contributed by atoms with Crippen molar-refractivity contribution in [3.05, 3.63) is 86.7 Å². The number of ether oxygens (including phenoxy) is 4. The zero-order valence-corrected chi connectivity index (χ0v) is 22.8. The molecule has 1 unspecified atom stereocenters. The molecule has 12 heteroatoms. The SMILES string of the molecule is COC(=O)C1=C(C)NC(C)=C(C(=O)OC)C1c1cc([N+](=O)[O-])ccc1OCCNCC(O)COc1ccccc1. The fourth-order valence-electron chi connectivity index (χ4n) is 4.34. The lowest BCUT2D eigenvalue weighted by Gasteiger charge is -2.30. The standard InChI is InChI=1S/C28H33N3O9/c1-17-24(27(33)37-3)26(25(18(2)30-17)28(34)38-4)22-14-19(31(35)36)10-11-23(22)39-13-12-29-15-20(32)16-40-21-8-6-5-7-9-21/h5-11,14,20,26,29-30,32H,12-13,15-16H2,1-4H3. The summed E-state index contributed by atoms with van der Waals surface area (Å²) in [6.07, 6.45) is -0.767. The number of dihydropyridines is 1. The first-order valence-corrected chi connectivity index (χ1v) is 12.5. The van der Waals surface area contributed by atoms with Crippen LogP contribution in [0.15, 0.2) is 71.1 Å². The van der Waals surface area contributed by atoms with Crippen molar-refractivity contribution in [3.63, 3.8) is 0 Å². The van der Waals surface area contributed by atoms with Gasteiger partial charge >= 0.3 is 11.9 Å². The Morgan fingerprint density at radius 1 is 1.02 bits per heavy atom. The van der Waals surface area contributed by atoms with Gasteiger partial charge in [-0.2, -0.15) is 0 Å². The molecule has 3 rings (SSSR count). The van der Waals surface area contributed by atoms with E-state index in [1.165, 1.54) is 32.4 Å². The van der Waals surface area contributed by atoms with E-state index >= 15 is 0 Å². The molecule has 40 heavy (non-hydrogen) atoms. The lowest BCUT2D eigenvalue weighted by molar-refractivity contribution is -0.384. The molecule has 0 saturated carbocycles. The van der Waals surface area contributed by atoms with Gasteiger partial charge in [0.15, 0.2) is 0 Å². The number of aliphatic hydroxyl groups is 1. The first kappa shape index (κ1) is 30.1. The third-order valence-electron chi connectivity index (χ3n) is 6.19. The molecule has 1 aliphatic heterocycles. The molecule has 0 saturated heterocycles. The van der Waals surface area contributed by atoms with Gasteiger partial charge in [-0.1, -0.05) is 18.2 Å². The van der Waals surface area contributed by atoms with Gasteiger partial charge in [-0.05, 0) is 32.0 Å². The maximum absolute atomic E-state index is 12.8. The van der Waals surface area contributed by atoms with Crippen LogP contribution in [0, 0.1) is 10.1 Å². The molecule has 12 nitrogen and oxygen atoms in total. The second kappa shape index (κ2) is 14.1. The maximum Gasteiger partial charge on any atom is 0.336 e. The number of rotatable bonds is 13. The monoisotopic (exact) mass is 555 g/mol. The lowest BCUT2D eigenvalue weighted by Crippen LogP contribution is -2.34. The first-order valence-electron chi connectivity index (χ1n) is 12.5. The predicted molar refractivity (Wildman–Crippen MR) is 145 cm³/mol. The number of nitrogens with one attached hydrogen (secondary N) is 2. The van der Waals surface area contributed by atoms with E-state index in [2.05, 4.69) is 10.6 Å². The Labute approximate surface area is 231 Å². The van der Waals surface area contributed by atoms with Crippen LogP contribution in [0.1, 0.15) is 25.3 Å². The molecule has 3 N–H and O–H groups in total. The van der Waals surface area contributed by atoms with E-state index in [1.807, 2.05) is 18.2 Å². The van der Waals surface area contributed by atoms with Gasteiger partial charge in [0, 0.05) is 42.2 Å². The van der Waals surface area contributed by atoms with Crippen LogP contribution < -0.4 is 20.1 Å². The Morgan fingerprint density at radius 3 is 2.23 bits per heavy atom. The molecule has 2 aromatic rings. The largest absolute Gasteiger partial charge is 0.492 e. The van der Waals surface area contributed by atoms with E-state index in [-0.39, 0.29) is 47.9 Å². The zero-order chi connectivity index (χ0) is 29.2. The average Bonchev–Trinajstić information content (AvgIpc) is 2.95. The second-order valence-electron chi connectivity index (χ2n) is 8.93. The van der Waals surface area contributed by atoms with Crippen LogP contribution >= 0.6 is 0 Å². The molecule has 0 bridgehead atoms. The highest BCUT2D eigenvalue weighted by molar-refractivity contribution is 6.00. The summed E-state index contributed by atoms with van der Waals surface area (Å²) in [4.78, 5) is 36.8. The minimum Gasteiger partial charge on any atom is -0.492 e. The van der Waals surface area contributed by atoms with Gasteiger partial charge in [-0.15, -0.1) is 0 Å². The molecule has 214 valence electrons. The van der Waals surface area contributed by atoms with Gasteiger partial charge in [0.25, 0.3) is 5.69 Å². The summed E-state index contributed by atoms with van der Waals surface area (Å²) in [7, 11) is 2.41. The molecule has 0 aromatic heterocycles. The van der Waals surface area contributed by atoms with E-state index in [1.54, 1.807) is 26.0 Å². The second-order valence-corrected chi connectivity index (χ2v) is 8.93. The Morgan fingerprint density at radius 2 is 1.65 bits per heavy atom. The fraction of sp³-hybridized carbons (Fsp3) is 0.357. The van der Waals surface area contributed by atoms with Crippen molar-refractivity contribution in [2.75, 3.05) is 40.5 Å². The lowest BCUT2D eigenvalue weighted by atomic mass is 9.80. The third kappa shape index (κ3) is 7.36. The topological polar surface area (TPSA) is 158 Å². The summed E-state index contributed by atoms with van der Waals surface area (Å²) in [6.45, 7) is 4.07. The number of carbonyl (C=O) groups excluding carboxylic acids is 2. The number of carbonyl (C=O) groups is 2. The summed E-state index contributed by atoms with van der Waals surface area (Å²) in [5.74, 6) is -1.60. The maximum atomic E-state index is 12.8. The quantitative estimate of drug-likeness (QED) is 0.144. The number of nitrogens with zero attached hydrogens (tertiary/aromatic N) is 1. The van der Waals surface area contributed by atoms with Gasteiger partial charge in [0.2, 0.25) is 0 Å². The number of hydrogen-bond acceptors (Lipinski definition) is 11. The average molecular weight is 556 g/mol. The minimum atomic E-state index is -1.05. The molecule has 2 aromatic carbocycles. The third-order valence-corrected chi connectivity index (χ3v) is 6.19. The van der Waals surface area contributed by atoms with Crippen LogP contribution in [-0.2, 0) is 19.1 Å². The Bertz CT molecular complexity index is 1250. The molecule has 1 aliphatic rings. The van der Waals surface area contributed by atoms with Gasteiger partial charge in [0.1, 0.15) is 30.8 Å². The van der Waals surface area contributed by atoms with Crippen molar-refractivity contribution in [1.82, 2.24) is 10.6 Å². The Kier molecular flexibility index (Phi) is 10.6. The van der Waals surface area contributed by atoms with E-state index < -0.39 is 28.9 Å². The van der Waals surface area contributed by atoms with Gasteiger partial charge in [0.05, 0.1) is 36.2 Å². The van der Waals surface area contributed by atoms with Gasteiger partial charge in [-0.3, -0.25) is 10.1 Å². The molecular formula is C28H33N3O9. The molecule has 1 heterocycles. The number of benzene rings is 2. The smallest absolute Gasteiger partial charge is 0.336 e. The van der Waals surface area contributed by atoms with Crippen molar-refractivity contribution in [1.29, 1.82) is 0 Å². The number of methoxy groups -OCH3 is 2. The highest BCUT2D eigenvalue weighted by atomic mass is 16.6. The van der Waals surface area contributed by atoms with Gasteiger partial charge in [-0.25, -0.2) is 9.59 Å². The molecule has 0 fully saturated rings. The highest BCUT2D eigenvalue weighted by Gasteiger charge is 2.39. The highest BCUT2D eigenvalue weighted by Crippen LogP contribution is 2.44. The number of esters is 2. The van der Waals surface area contributed by atoms with Crippen LogP contribution in [0.3, 0.4) is 0 Å².